The normalized spacial score (nSPS) is 12.1. The number of esters is 5. The van der Waals surface area contributed by atoms with E-state index in [2.05, 4.69) is 13.2 Å². The van der Waals surface area contributed by atoms with E-state index in [9.17, 15) is 44.9 Å². The summed E-state index contributed by atoms with van der Waals surface area (Å²) in [5, 5.41) is 41.4. The van der Waals surface area contributed by atoms with E-state index < -0.39 is 72.0 Å². The summed E-state index contributed by atoms with van der Waals surface area (Å²) in [7, 11) is 5.44. The third kappa shape index (κ3) is 18.6. The second-order valence-electron chi connectivity index (χ2n) is 15.5. The zero-order chi connectivity index (χ0) is 51.6. The first-order chi connectivity index (χ1) is 33.5. The zero-order valence-electron chi connectivity index (χ0n) is 39.8. The van der Waals surface area contributed by atoms with Gasteiger partial charge in [0.2, 0.25) is 0 Å². The van der Waals surface area contributed by atoms with Crippen LogP contribution in [0.15, 0.2) is 114 Å². The molecule has 0 aliphatic rings. The predicted octanol–water partition coefficient (Wildman–Crippen LogP) is 5.36. The van der Waals surface area contributed by atoms with Gasteiger partial charge in [-0.1, -0.05) is 49.6 Å². The molecule has 0 bridgehead atoms. The molecule has 0 aliphatic carbocycles. The number of nitriles is 3. The molecule has 18 heteroatoms. The van der Waals surface area contributed by atoms with Crippen molar-refractivity contribution in [2.24, 2.45) is 0 Å². The van der Waals surface area contributed by atoms with Crippen LogP contribution in [0, 0.1) is 34.0 Å². The lowest BCUT2D eigenvalue weighted by Crippen LogP contribution is -2.46. The molecule has 1 unspecified atom stereocenters. The minimum atomic E-state index is -2.46. The molecule has 3 aromatic rings. The van der Waals surface area contributed by atoms with Crippen LogP contribution >= 0.6 is 0 Å². The molecule has 0 fully saturated rings. The van der Waals surface area contributed by atoms with Crippen LogP contribution in [0.4, 0.5) is 17.1 Å². The van der Waals surface area contributed by atoms with Crippen LogP contribution in [0.25, 0.3) is 18.2 Å². The van der Waals surface area contributed by atoms with Gasteiger partial charge in [-0.05, 0) is 85.2 Å². The standard InChI is InChI=1S/C52H56N6O12/c1-8-47(59)66-26-23-57(6)45-18-12-39(13-19-45)29-42(32-54)50(62)69-35-52(64,34-68-49(61)41(31-53)28-38-10-16-44(17-11-38)56(5)22-25-65-9-2)36-70-51(63)43(33-55)30-40-14-20-46(21-15-40)58(7)24-27-67-48(60)37(3)4/h8,10-21,28-30,64H,1,3,9,22-27,34-36H2,2,4-7H3/b41-28+,42-29+,43-30+. The lowest BCUT2D eigenvalue weighted by atomic mass is 10.1. The maximum Gasteiger partial charge on any atom is 0.349 e. The van der Waals surface area contributed by atoms with Crippen LogP contribution in [0.2, 0.25) is 0 Å². The average molecular weight is 957 g/mol. The maximum atomic E-state index is 13.3. The summed E-state index contributed by atoms with van der Waals surface area (Å²) in [4.78, 5) is 68.4. The molecule has 0 aromatic heterocycles. The van der Waals surface area contributed by atoms with Gasteiger partial charge in [-0.3, -0.25) is 0 Å². The minimum absolute atomic E-state index is 0.112. The molecule has 0 radical (unpaired) electrons. The SMILES string of the molecule is C=CC(=O)OCCN(C)c1ccc(/C=C(\C#N)C(=O)OCC(O)(COC(=O)/C(C#N)=C/c2ccc(N(C)CCOCC)cc2)COC(=O)/C(C#N)=C/c2ccc(N(C)CCOC(=O)C(=C)C)cc2)cc1. The quantitative estimate of drug-likeness (QED) is 0.0332. The van der Waals surface area contributed by atoms with Crippen molar-refractivity contribution in [2.45, 2.75) is 19.4 Å². The Balaban J connectivity index is 1.80. The highest BCUT2D eigenvalue weighted by molar-refractivity contribution is 5.99. The molecule has 366 valence electrons. The first-order valence-electron chi connectivity index (χ1n) is 21.7. The number of carbonyl (C=O) groups excluding carboxylic acids is 5. The van der Waals surface area contributed by atoms with Crippen molar-refractivity contribution < 1.29 is 57.5 Å². The first kappa shape index (κ1) is 55.8. The van der Waals surface area contributed by atoms with E-state index in [4.69, 9.17) is 28.4 Å². The molecule has 3 aromatic carbocycles. The molecule has 0 saturated heterocycles. The Hall–Kier alpha value is -8.50. The Morgan fingerprint density at radius 2 is 0.900 bits per heavy atom. The van der Waals surface area contributed by atoms with Gasteiger partial charge in [0.1, 0.15) is 68.0 Å². The van der Waals surface area contributed by atoms with Gasteiger partial charge in [0.05, 0.1) is 19.7 Å². The van der Waals surface area contributed by atoms with Crippen molar-refractivity contribution in [1.82, 2.24) is 0 Å². The van der Waals surface area contributed by atoms with E-state index >= 15 is 0 Å². The molecule has 0 aliphatic heterocycles. The summed E-state index contributed by atoms with van der Waals surface area (Å²) >= 11 is 0. The number of anilines is 3. The minimum Gasteiger partial charge on any atom is -0.461 e. The number of likely N-dealkylation sites (N-methyl/N-ethyl adjacent to an activating group) is 3. The number of aliphatic hydroxyl groups is 1. The monoisotopic (exact) mass is 956 g/mol. The van der Waals surface area contributed by atoms with E-state index in [-0.39, 0.29) is 18.8 Å². The third-order valence-corrected chi connectivity index (χ3v) is 9.99. The summed E-state index contributed by atoms with van der Waals surface area (Å²) in [6.07, 6.45) is 4.82. The fourth-order valence-electron chi connectivity index (χ4n) is 5.82. The van der Waals surface area contributed by atoms with Crippen LogP contribution < -0.4 is 14.7 Å². The zero-order valence-corrected chi connectivity index (χ0v) is 39.8. The number of carbonyl (C=O) groups is 5. The number of rotatable bonds is 27. The summed E-state index contributed by atoms with van der Waals surface area (Å²) < 4.78 is 31.5. The molecule has 1 atom stereocenters. The molecule has 70 heavy (non-hydrogen) atoms. The van der Waals surface area contributed by atoms with Crippen LogP contribution in [-0.4, -0.2) is 128 Å². The molecular weight excluding hydrogens is 901 g/mol. The highest BCUT2D eigenvalue weighted by Gasteiger charge is 2.35. The smallest absolute Gasteiger partial charge is 0.349 e. The topological polar surface area (TPSA) is 242 Å². The van der Waals surface area contributed by atoms with E-state index in [1.54, 1.807) is 112 Å². The Labute approximate surface area is 407 Å². The maximum absolute atomic E-state index is 13.3. The lowest BCUT2D eigenvalue weighted by Gasteiger charge is -2.26. The van der Waals surface area contributed by atoms with Crippen molar-refractivity contribution in [1.29, 1.82) is 15.8 Å². The summed E-state index contributed by atoms with van der Waals surface area (Å²) in [6.45, 7) is 10.1. The van der Waals surface area contributed by atoms with E-state index in [1.165, 1.54) is 18.2 Å². The second-order valence-corrected chi connectivity index (χ2v) is 15.5. The Morgan fingerprint density at radius 3 is 1.20 bits per heavy atom. The molecule has 0 amide bonds. The Morgan fingerprint density at radius 1 is 0.571 bits per heavy atom. The Kier molecular flexibility index (Phi) is 22.8. The molecular formula is C52H56N6O12. The van der Waals surface area contributed by atoms with Gasteiger partial charge in [0.15, 0.2) is 5.60 Å². The van der Waals surface area contributed by atoms with Crippen LogP contribution in [0.3, 0.4) is 0 Å². The Bertz CT molecular complexity index is 2550. The number of benzene rings is 3. The first-order valence-corrected chi connectivity index (χ1v) is 21.7. The van der Waals surface area contributed by atoms with Gasteiger partial charge in [0, 0.05) is 63.0 Å². The molecule has 3 rings (SSSR count). The van der Waals surface area contributed by atoms with E-state index in [1.807, 2.05) is 28.7 Å². The summed E-state index contributed by atoms with van der Waals surface area (Å²) in [5.41, 5.74) is 0.0837. The van der Waals surface area contributed by atoms with Gasteiger partial charge in [-0.2, -0.15) is 15.8 Å². The molecule has 0 spiro atoms. The van der Waals surface area contributed by atoms with Crippen molar-refractivity contribution in [3.63, 3.8) is 0 Å². The van der Waals surface area contributed by atoms with Crippen molar-refractivity contribution in [2.75, 3.05) is 102 Å². The van der Waals surface area contributed by atoms with Crippen LogP contribution in [0.5, 0.6) is 0 Å². The molecule has 18 nitrogen and oxygen atoms in total. The van der Waals surface area contributed by atoms with Crippen molar-refractivity contribution in [3.05, 3.63) is 131 Å². The molecule has 0 saturated carbocycles. The highest BCUT2D eigenvalue weighted by atomic mass is 16.6. The second kappa shape index (κ2) is 28.6. The molecule has 1 N–H and O–H groups in total. The number of hydrogen-bond acceptors (Lipinski definition) is 18. The van der Waals surface area contributed by atoms with Gasteiger partial charge in [0.25, 0.3) is 0 Å². The van der Waals surface area contributed by atoms with Gasteiger partial charge in [-0.25, -0.2) is 24.0 Å². The highest BCUT2D eigenvalue weighted by Crippen LogP contribution is 2.21. The summed E-state index contributed by atoms with van der Waals surface area (Å²) in [6, 6.07) is 25.6. The fourth-order valence-corrected chi connectivity index (χ4v) is 5.82. The summed E-state index contributed by atoms with van der Waals surface area (Å²) in [5.74, 6) is -4.60. The van der Waals surface area contributed by atoms with E-state index in [0.717, 1.165) is 23.1 Å². The van der Waals surface area contributed by atoms with Crippen LogP contribution in [0.1, 0.15) is 30.5 Å². The van der Waals surface area contributed by atoms with Gasteiger partial charge in [-0.15, -0.1) is 0 Å². The third-order valence-electron chi connectivity index (χ3n) is 9.99. The predicted molar refractivity (Wildman–Crippen MR) is 261 cm³/mol. The number of hydrogen-bond donors (Lipinski definition) is 1. The average Bonchev–Trinajstić information content (AvgIpc) is 3.36. The number of nitrogens with zero attached hydrogens (tertiary/aromatic N) is 6. The van der Waals surface area contributed by atoms with Crippen molar-refractivity contribution >= 4 is 65.1 Å². The fraction of sp³-hybridized carbons (Fsp3) is 0.308. The lowest BCUT2D eigenvalue weighted by molar-refractivity contribution is -0.170. The van der Waals surface area contributed by atoms with Crippen LogP contribution in [-0.2, 0) is 52.4 Å². The van der Waals surface area contributed by atoms with E-state index in [0.29, 0.717) is 49.5 Å². The largest absolute Gasteiger partial charge is 0.461 e. The van der Waals surface area contributed by atoms with Gasteiger partial charge >= 0.3 is 29.8 Å². The van der Waals surface area contributed by atoms with Gasteiger partial charge < -0.3 is 48.2 Å². The number of ether oxygens (including phenoxy) is 6. The molecule has 0 heterocycles. The van der Waals surface area contributed by atoms with Crippen molar-refractivity contribution in [3.8, 4) is 18.2 Å².